The number of rotatable bonds is 7. The maximum absolute atomic E-state index is 10.1. The zero-order valence-corrected chi connectivity index (χ0v) is 9.15. The van der Waals surface area contributed by atoms with Gasteiger partial charge in [-0.05, 0) is 19.8 Å². The highest BCUT2D eigenvalue weighted by Crippen LogP contribution is 2.04. The van der Waals surface area contributed by atoms with Crippen LogP contribution in [0.1, 0.15) is 43.6 Å². The van der Waals surface area contributed by atoms with Crippen molar-refractivity contribution in [3.63, 3.8) is 0 Å². The van der Waals surface area contributed by atoms with Crippen LogP contribution in [0.25, 0.3) is 0 Å². The number of hydrogen-bond donors (Lipinski definition) is 0. The largest absolute Gasteiger partial charge is 0.303 e. The predicted molar refractivity (Wildman–Crippen MR) is 57.4 cm³/mol. The van der Waals surface area contributed by atoms with Gasteiger partial charge in [-0.2, -0.15) is 5.10 Å². The van der Waals surface area contributed by atoms with Crippen LogP contribution in [0, 0.1) is 6.92 Å². The first kappa shape index (κ1) is 11.8. The maximum Gasteiger partial charge on any atom is 0.150 e. The molecule has 0 atom stereocenters. The molecule has 1 heterocycles. The van der Waals surface area contributed by atoms with Crippen molar-refractivity contribution in [3.05, 3.63) is 17.7 Å². The number of aldehydes is 1. The van der Waals surface area contributed by atoms with Crippen LogP contribution in [-0.2, 0) is 11.2 Å². The number of carbonyl (C=O) groups excluding carboxylic acids is 1. The van der Waals surface area contributed by atoms with E-state index in [1.165, 1.54) is 0 Å². The first-order valence-corrected chi connectivity index (χ1v) is 5.42. The molecule has 82 valence electrons. The lowest BCUT2D eigenvalue weighted by atomic mass is 10.1. The van der Waals surface area contributed by atoms with Gasteiger partial charge in [0, 0.05) is 12.8 Å². The smallest absolute Gasteiger partial charge is 0.150 e. The third-order valence-corrected chi connectivity index (χ3v) is 2.20. The molecular formula is C11H17N3O. The molecule has 0 bridgehead atoms. The van der Waals surface area contributed by atoms with E-state index in [1.807, 2.05) is 6.92 Å². The van der Waals surface area contributed by atoms with E-state index >= 15 is 0 Å². The average molecular weight is 207 g/mol. The molecule has 0 saturated heterocycles. The van der Waals surface area contributed by atoms with Gasteiger partial charge in [-0.1, -0.05) is 12.8 Å². The molecule has 0 N–H and O–H groups in total. The third kappa shape index (κ3) is 5.20. The SMILES string of the molecule is Cc1cnc(CCCCCCC=O)nn1. The minimum atomic E-state index is 0.683. The summed E-state index contributed by atoms with van der Waals surface area (Å²) in [6, 6.07) is 0. The van der Waals surface area contributed by atoms with Gasteiger partial charge in [0.1, 0.15) is 6.29 Å². The third-order valence-electron chi connectivity index (χ3n) is 2.20. The van der Waals surface area contributed by atoms with Gasteiger partial charge in [-0.3, -0.25) is 0 Å². The monoisotopic (exact) mass is 207 g/mol. The van der Waals surface area contributed by atoms with Gasteiger partial charge in [0.25, 0.3) is 0 Å². The Kier molecular flexibility index (Phi) is 5.51. The minimum absolute atomic E-state index is 0.683. The molecule has 15 heavy (non-hydrogen) atoms. The second-order valence-corrected chi connectivity index (χ2v) is 3.64. The number of aryl methyl sites for hydroxylation is 2. The Balaban J connectivity index is 2.09. The van der Waals surface area contributed by atoms with E-state index in [9.17, 15) is 4.79 Å². The summed E-state index contributed by atoms with van der Waals surface area (Å²) in [5, 5.41) is 7.94. The molecule has 0 aliphatic heterocycles. The van der Waals surface area contributed by atoms with Gasteiger partial charge in [0.2, 0.25) is 0 Å². The molecule has 1 aromatic rings. The summed E-state index contributed by atoms with van der Waals surface area (Å²) in [5.74, 6) is 0.816. The van der Waals surface area contributed by atoms with Crippen molar-refractivity contribution in [2.24, 2.45) is 0 Å². The van der Waals surface area contributed by atoms with Gasteiger partial charge in [0.15, 0.2) is 5.82 Å². The molecule has 0 unspecified atom stereocenters. The molecular weight excluding hydrogens is 190 g/mol. The molecule has 0 aliphatic rings. The molecule has 0 saturated carbocycles. The Bertz CT molecular complexity index is 284. The normalized spacial score (nSPS) is 10.2. The number of unbranched alkanes of at least 4 members (excludes halogenated alkanes) is 4. The quantitative estimate of drug-likeness (QED) is 0.506. The van der Waals surface area contributed by atoms with E-state index in [1.54, 1.807) is 6.20 Å². The molecule has 0 radical (unpaired) electrons. The Morgan fingerprint density at radius 1 is 1.20 bits per heavy atom. The van der Waals surface area contributed by atoms with E-state index in [-0.39, 0.29) is 0 Å². The molecule has 1 aromatic heterocycles. The fourth-order valence-electron chi connectivity index (χ4n) is 1.34. The van der Waals surface area contributed by atoms with Crippen LogP contribution in [0.2, 0.25) is 0 Å². The topological polar surface area (TPSA) is 55.7 Å². The number of nitrogens with zero attached hydrogens (tertiary/aromatic N) is 3. The Hall–Kier alpha value is -1.32. The van der Waals surface area contributed by atoms with Crippen LogP contribution in [0.15, 0.2) is 6.20 Å². The van der Waals surface area contributed by atoms with E-state index in [0.717, 1.165) is 49.9 Å². The molecule has 4 heteroatoms. The van der Waals surface area contributed by atoms with Crippen molar-refractivity contribution >= 4 is 6.29 Å². The zero-order valence-electron chi connectivity index (χ0n) is 9.15. The standard InChI is InChI=1S/C11H17N3O/c1-10-9-12-11(14-13-10)7-5-3-2-4-6-8-15/h8-9H,2-7H2,1H3. The van der Waals surface area contributed by atoms with Gasteiger partial charge in [0.05, 0.1) is 11.9 Å². The fraction of sp³-hybridized carbons (Fsp3) is 0.636. The summed E-state index contributed by atoms with van der Waals surface area (Å²) < 4.78 is 0. The molecule has 0 spiro atoms. The van der Waals surface area contributed by atoms with Crippen molar-refractivity contribution < 1.29 is 4.79 Å². The summed E-state index contributed by atoms with van der Waals surface area (Å²) in [5.41, 5.74) is 0.852. The number of aromatic nitrogens is 3. The maximum atomic E-state index is 10.1. The second kappa shape index (κ2) is 7.04. The average Bonchev–Trinajstić information content (AvgIpc) is 2.26. The van der Waals surface area contributed by atoms with Gasteiger partial charge in [-0.15, -0.1) is 5.10 Å². The van der Waals surface area contributed by atoms with Gasteiger partial charge in [-0.25, -0.2) is 4.98 Å². The Morgan fingerprint density at radius 3 is 2.67 bits per heavy atom. The van der Waals surface area contributed by atoms with Crippen molar-refractivity contribution in [2.75, 3.05) is 0 Å². The first-order chi connectivity index (χ1) is 7.33. The van der Waals surface area contributed by atoms with Crippen molar-refractivity contribution in [1.82, 2.24) is 15.2 Å². The van der Waals surface area contributed by atoms with E-state index in [4.69, 9.17) is 0 Å². The van der Waals surface area contributed by atoms with Gasteiger partial charge >= 0.3 is 0 Å². The Labute approximate surface area is 90.1 Å². The lowest BCUT2D eigenvalue weighted by Crippen LogP contribution is -1.98. The first-order valence-electron chi connectivity index (χ1n) is 5.42. The number of hydrogen-bond acceptors (Lipinski definition) is 4. The molecule has 4 nitrogen and oxygen atoms in total. The fourth-order valence-corrected chi connectivity index (χ4v) is 1.34. The Morgan fingerprint density at radius 2 is 2.00 bits per heavy atom. The van der Waals surface area contributed by atoms with Crippen LogP contribution in [0.5, 0.6) is 0 Å². The molecule has 0 aromatic carbocycles. The second-order valence-electron chi connectivity index (χ2n) is 3.64. The van der Waals surface area contributed by atoms with Crippen LogP contribution in [0.3, 0.4) is 0 Å². The van der Waals surface area contributed by atoms with Crippen LogP contribution < -0.4 is 0 Å². The lowest BCUT2D eigenvalue weighted by molar-refractivity contribution is -0.107. The lowest BCUT2D eigenvalue weighted by Gasteiger charge is -1.99. The summed E-state index contributed by atoms with van der Waals surface area (Å²) in [4.78, 5) is 14.2. The summed E-state index contributed by atoms with van der Waals surface area (Å²) >= 11 is 0. The highest BCUT2D eigenvalue weighted by Gasteiger charge is 1.97. The van der Waals surface area contributed by atoms with Crippen molar-refractivity contribution in [3.8, 4) is 0 Å². The highest BCUT2D eigenvalue weighted by molar-refractivity contribution is 5.48. The molecule has 1 rings (SSSR count). The van der Waals surface area contributed by atoms with E-state index < -0.39 is 0 Å². The van der Waals surface area contributed by atoms with Crippen LogP contribution in [0.4, 0.5) is 0 Å². The van der Waals surface area contributed by atoms with Crippen molar-refractivity contribution in [1.29, 1.82) is 0 Å². The van der Waals surface area contributed by atoms with Crippen molar-refractivity contribution in [2.45, 2.75) is 45.4 Å². The van der Waals surface area contributed by atoms with E-state index in [0.29, 0.717) is 6.42 Å². The summed E-state index contributed by atoms with van der Waals surface area (Å²) in [6.07, 6.45) is 8.60. The predicted octanol–water partition coefficient (Wildman–Crippen LogP) is 1.87. The zero-order chi connectivity index (χ0) is 10.9. The molecule has 0 aliphatic carbocycles. The van der Waals surface area contributed by atoms with Crippen LogP contribution in [-0.4, -0.2) is 21.5 Å². The summed E-state index contributed by atoms with van der Waals surface area (Å²) in [6.45, 7) is 1.88. The number of carbonyl (C=O) groups is 1. The highest BCUT2D eigenvalue weighted by atomic mass is 16.1. The minimum Gasteiger partial charge on any atom is -0.303 e. The summed E-state index contributed by atoms with van der Waals surface area (Å²) in [7, 11) is 0. The molecule has 0 amide bonds. The van der Waals surface area contributed by atoms with E-state index in [2.05, 4.69) is 15.2 Å². The van der Waals surface area contributed by atoms with Crippen LogP contribution >= 0.6 is 0 Å². The molecule has 0 fully saturated rings. The van der Waals surface area contributed by atoms with Gasteiger partial charge < -0.3 is 4.79 Å².